The monoisotopic (exact) mass is 273 g/mol. The van der Waals surface area contributed by atoms with Crippen LogP contribution in [0.4, 0.5) is 0 Å². The molecule has 20 heavy (non-hydrogen) atoms. The van der Waals surface area contributed by atoms with Gasteiger partial charge in [-0.1, -0.05) is 35.5 Å². The number of hydrogen-bond acceptors (Lipinski definition) is 4. The van der Waals surface area contributed by atoms with Crippen LogP contribution in [0.3, 0.4) is 0 Å². The Bertz CT molecular complexity index is 564. The van der Waals surface area contributed by atoms with Crippen molar-refractivity contribution in [2.45, 2.75) is 13.1 Å². The molecule has 2 aromatic rings. The second-order valence-corrected chi connectivity index (χ2v) is 5.04. The fourth-order valence-electron chi connectivity index (χ4n) is 1.93. The average molecular weight is 273 g/mol. The third-order valence-electron chi connectivity index (χ3n) is 2.91. The summed E-state index contributed by atoms with van der Waals surface area (Å²) in [7, 11) is 5.39. The molecular formula is C15H19N3O2. The van der Waals surface area contributed by atoms with Gasteiger partial charge in [0.25, 0.3) is 5.91 Å². The molecule has 2 rings (SSSR count). The minimum atomic E-state index is -0.147. The van der Waals surface area contributed by atoms with Crippen LogP contribution in [0.2, 0.25) is 0 Å². The molecule has 0 aliphatic rings. The molecule has 1 aromatic carbocycles. The lowest BCUT2D eigenvalue weighted by Gasteiger charge is -2.14. The molecule has 0 atom stereocenters. The Kier molecular flexibility index (Phi) is 4.53. The molecule has 0 saturated carbocycles. The highest BCUT2D eigenvalue weighted by Gasteiger charge is 2.15. The number of amides is 1. The number of nitrogens with zero attached hydrogens (tertiary/aromatic N) is 3. The molecule has 0 saturated heterocycles. The number of aromatic nitrogens is 1. The van der Waals surface area contributed by atoms with Gasteiger partial charge in [0.2, 0.25) is 0 Å². The van der Waals surface area contributed by atoms with Crippen molar-refractivity contribution in [3.63, 3.8) is 0 Å². The van der Waals surface area contributed by atoms with E-state index in [9.17, 15) is 4.79 Å². The predicted molar refractivity (Wildman–Crippen MR) is 76.1 cm³/mol. The quantitative estimate of drug-likeness (QED) is 0.836. The van der Waals surface area contributed by atoms with E-state index in [0.29, 0.717) is 18.0 Å². The van der Waals surface area contributed by atoms with Crippen LogP contribution in [0.15, 0.2) is 40.9 Å². The van der Waals surface area contributed by atoms with Gasteiger partial charge in [-0.2, -0.15) is 0 Å². The summed E-state index contributed by atoms with van der Waals surface area (Å²) in [4.78, 5) is 15.3. The van der Waals surface area contributed by atoms with Crippen molar-refractivity contribution < 1.29 is 9.32 Å². The lowest BCUT2D eigenvalue weighted by molar-refractivity contribution is 0.0817. The van der Waals surface area contributed by atoms with Gasteiger partial charge < -0.3 is 9.42 Å². The van der Waals surface area contributed by atoms with Gasteiger partial charge in [0.1, 0.15) is 0 Å². The van der Waals surface area contributed by atoms with E-state index in [-0.39, 0.29) is 5.91 Å². The van der Waals surface area contributed by atoms with E-state index in [0.717, 1.165) is 6.54 Å². The zero-order valence-electron chi connectivity index (χ0n) is 12.0. The van der Waals surface area contributed by atoms with Crippen molar-refractivity contribution in [1.29, 1.82) is 0 Å². The molecule has 5 nitrogen and oxygen atoms in total. The van der Waals surface area contributed by atoms with Gasteiger partial charge in [0.15, 0.2) is 11.5 Å². The first-order valence-corrected chi connectivity index (χ1v) is 6.46. The van der Waals surface area contributed by atoms with Gasteiger partial charge >= 0.3 is 0 Å². The smallest absolute Gasteiger partial charge is 0.275 e. The van der Waals surface area contributed by atoms with Crippen molar-refractivity contribution in [1.82, 2.24) is 15.0 Å². The number of carbonyl (C=O) groups excluding carboxylic acids is 1. The Morgan fingerprint density at radius 1 is 1.15 bits per heavy atom. The first kappa shape index (κ1) is 14.3. The molecule has 0 N–H and O–H groups in total. The van der Waals surface area contributed by atoms with Crippen molar-refractivity contribution >= 4 is 5.91 Å². The number of benzene rings is 1. The summed E-state index contributed by atoms with van der Waals surface area (Å²) in [6, 6.07) is 11.9. The summed E-state index contributed by atoms with van der Waals surface area (Å²) < 4.78 is 5.21. The Labute approximate surface area is 118 Å². The normalized spacial score (nSPS) is 10.8. The SMILES string of the molecule is CN(Cc1ccccc1)Cc1cc(C(=O)N(C)C)no1. The highest BCUT2D eigenvalue weighted by atomic mass is 16.5. The fourth-order valence-corrected chi connectivity index (χ4v) is 1.93. The fraction of sp³-hybridized carbons (Fsp3) is 0.333. The molecule has 0 aliphatic heterocycles. The maximum Gasteiger partial charge on any atom is 0.275 e. The molecule has 106 valence electrons. The van der Waals surface area contributed by atoms with Gasteiger partial charge in [-0.15, -0.1) is 0 Å². The van der Waals surface area contributed by atoms with E-state index >= 15 is 0 Å². The van der Waals surface area contributed by atoms with Crippen LogP contribution in [0.1, 0.15) is 21.8 Å². The maximum absolute atomic E-state index is 11.7. The summed E-state index contributed by atoms with van der Waals surface area (Å²) in [5.41, 5.74) is 1.58. The Balaban J connectivity index is 1.95. The van der Waals surface area contributed by atoms with Crippen LogP contribution < -0.4 is 0 Å². The van der Waals surface area contributed by atoms with Gasteiger partial charge in [-0.3, -0.25) is 9.69 Å². The summed E-state index contributed by atoms with van der Waals surface area (Å²) in [5, 5.41) is 3.80. The van der Waals surface area contributed by atoms with Gasteiger partial charge in [0, 0.05) is 26.7 Å². The van der Waals surface area contributed by atoms with Crippen LogP contribution in [0.5, 0.6) is 0 Å². The zero-order valence-corrected chi connectivity index (χ0v) is 12.0. The summed E-state index contributed by atoms with van der Waals surface area (Å²) in [6.45, 7) is 1.43. The van der Waals surface area contributed by atoms with Crippen LogP contribution in [0.25, 0.3) is 0 Å². The first-order chi connectivity index (χ1) is 9.56. The maximum atomic E-state index is 11.7. The largest absolute Gasteiger partial charge is 0.359 e. The third kappa shape index (κ3) is 3.68. The summed E-state index contributed by atoms with van der Waals surface area (Å²) in [5.74, 6) is 0.541. The van der Waals surface area contributed by atoms with E-state index < -0.39 is 0 Å². The molecule has 0 aliphatic carbocycles. The summed E-state index contributed by atoms with van der Waals surface area (Å²) in [6.07, 6.45) is 0. The highest BCUT2D eigenvalue weighted by molar-refractivity contribution is 5.91. The van der Waals surface area contributed by atoms with Crippen molar-refractivity contribution in [3.8, 4) is 0 Å². The minimum Gasteiger partial charge on any atom is -0.359 e. The molecule has 0 fully saturated rings. The minimum absolute atomic E-state index is 0.147. The number of rotatable bonds is 5. The third-order valence-corrected chi connectivity index (χ3v) is 2.91. The van der Waals surface area contributed by atoms with E-state index in [2.05, 4.69) is 22.2 Å². The molecule has 0 spiro atoms. The molecule has 0 radical (unpaired) electrons. The molecule has 0 bridgehead atoms. The standard InChI is InChI=1S/C15H19N3O2/c1-17(2)15(19)14-9-13(20-16-14)11-18(3)10-12-7-5-4-6-8-12/h4-9H,10-11H2,1-3H3. The second-order valence-electron chi connectivity index (χ2n) is 5.04. The second kappa shape index (κ2) is 6.34. The number of carbonyl (C=O) groups is 1. The van der Waals surface area contributed by atoms with E-state index in [4.69, 9.17) is 4.52 Å². The Hall–Kier alpha value is -2.14. The van der Waals surface area contributed by atoms with E-state index in [1.807, 2.05) is 25.2 Å². The molecular weight excluding hydrogens is 254 g/mol. The zero-order chi connectivity index (χ0) is 14.5. The first-order valence-electron chi connectivity index (χ1n) is 6.46. The van der Waals surface area contributed by atoms with Gasteiger partial charge in [-0.25, -0.2) is 0 Å². The van der Waals surface area contributed by atoms with Gasteiger partial charge in [0.05, 0.1) is 6.54 Å². The average Bonchev–Trinajstić information content (AvgIpc) is 2.87. The number of hydrogen-bond donors (Lipinski definition) is 0. The molecule has 5 heteroatoms. The lowest BCUT2D eigenvalue weighted by atomic mass is 10.2. The molecule has 1 amide bonds. The van der Waals surface area contributed by atoms with Crippen LogP contribution in [0, 0.1) is 0 Å². The van der Waals surface area contributed by atoms with E-state index in [1.165, 1.54) is 10.5 Å². The predicted octanol–water partition coefficient (Wildman–Crippen LogP) is 2.01. The molecule has 1 heterocycles. The van der Waals surface area contributed by atoms with Gasteiger partial charge in [-0.05, 0) is 12.6 Å². The van der Waals surface area contributed by atoms with E-state index in [1.54, 1.807) is 20.2 Å². The summed E-state index contributed by atoms with van der Waals surface area (Å²) >= 11 is 0. The molecule has 0 unspecified atom stereocenters. The molecule has 1 aromatic heterocycles. The van der Waals surface area contributed by atoms with Crippen LogP contribution >= 0.6 is 0 Å². The Morgan fingerprint density at radius 2 is 1.85 bits per heavy atom. The Morgan fingerprint density at radius 3 is 2.50 bits per heavy atom. The van der Waals surface area contributed by atoms with Crippen molar-refractivity contribution in [3.05, 3.63) is 53.4 Å². The highest BCUT2D eigenvalue weighted by Crippen LogP contribution is 2.10. The van der Waals surface area contributed by atoms with Crippen LogP contribution in [-0.2, 0) is 13.1 Å². The topological polar surface area (TPSA) is 49.6 Å². The lowest BCUT2D eigenvalue weighted by Crippen LogP contribution is -2.21. The van der Waals surface area contributed by atoms with Crippen molar-refractivity contribution in [2.24, 2.45) is 0 Å². The van der Waals surface area contributed by atoms with Crippen LogP contribution in [-0.4, -0.2) is 42.0 Å². The van der Waals surface area contributed by atoms with Crippen molar-refractivity contribution in [2.75, 3.05) is 21.1 Å².